The number of carbonyl (C=O) groups excluding carboxylic acids is 4. The van der Waals surface area contributed by atoms with Gasteiger partial charge < -0.3 is 23.7 Å². The number of ether oxygens (including phenoxy) is 5. The number of terminal acetylenes is 1. The summed E-state index contributed by atoms with van der Waals surface area (Å²) in [6.45, 7) is 8.07. The van der Waals surface area contributed by atoms with E-state index < -0.39 is 54.6 Å². The lowest BCUT2D eigenvalue weighted by Gasteiger charge is -2.42. The molecule has 0 bridgehead atoms. The molecule has 0 N–H and O–H groups in total. The molecule has 0 aliphatic carbocycles. The van der Waals surface area contributed by atoms with E-state index in [1.165, 1.54) is 0 Å². The molecule has 0 spiro atoms. The second-order valence-electron chi connectivity index (χ2n) is 10.3. The van der Waals surface area contributed by atoms with E-state index in [0.717, 1.165) is 51.4 Å². The van der Waals surface area contributed by atoms with Gasteiger partial charge in [0.1, 0.15) is 0 Å². The Morgan fingerprint density at radius 3 is 1.27 bits per heavy atom. The van der Waals surface area contributed by atoms with E-state index in [-0.39, 0.29) is 25.7 Å². The molecular formula is C31H50O9. The van der Waals surface area contributed by atoms with E-state index in [0.29, 0.717) is 25.7 Å². The zero-order chi connectivity index (χ0) is 29.8. The van der Waals surface area contributed by atoms with Crippen LogP contribution < -0.4 is 0 Å². The van der Waals surface area contributed by atoms with E-state index in [9.17, 15) is 19.2 Å². The molecule has 0 aromatic carbocycles. The molecule has 0 saturated carbocycles. The Bertz CT molecular complexity index is 803. The van der Waals surface area contributed by atoms with Gasteiger partial charge in [-0.25, -0.2) is 0 Å². The number of rotatable bonds is 20. The van der Waals surface area contributed by atoms with Gasteiger partial charge in [-0.15, -0.1) is 6.42 Å². The summed E-state index contributed by atoms with van der Waals surface area (Å²) in [7, 11) is 0. The van der Waals surface area contributed by atoms with Crippen LogP contribution >= 0.6 is 0 Å². The van der Waals surface area contributed by atoms with Crippen molar-refractivity contribution in [3.05, 3.63) is 0 Å². The van der Waals surface area contributed by atoms with Crippen molar-refractivity contribution < 1.29 is 42.9 Å². The molecule has 0 amide bonds. The summed E-state index contributed by atoms with van der Waals surface area (Å²) in [5, 5.41) is 0. The van der Waals surface area contributed by atoms with Crippen LogP contribution in [0, 0.1) is 12.3 Å². The number of hydrogen-bond acceptors (Lipinski definition) is 9. The van der Waals surface area contributed by atoms with E-state index in [2.05, 4.69) is 5.92 Å². The lowest BCUT2D eigenvalue weighted by atomic mass is 9.97. The van der Waals surface area contributed by atoms with Gasteiger partial charge in [0, 0.05) is 25.7 Å². The number of esters is 4. The molecule has 0 aromatic rings. The molecule has 0 aromatic heterocycles. The van der Waals surface area contributed by atoms with Gasteiger partial charge in [-0.05, 0) is 25.7 Å². The van der Waals surface area contributed by atoms with Crippen LogP contribution in [0.1, 0.15) is 130 Å². The van der Waals surface area contributed by atoms with Crippen LogP contribution in [0.2, 0.25) is 0 Å². The van der Waals surface area contributed by atoms with Gasteiger partial charge in [0.05, 0.1) is 0 Å². The van der Waals surface area contributed by atoms with Crippen LogP contribution in [0.25, 0.3) is 0 Å². The molecule has 0 radical (unpaired) electrons. The first-order chi connectivity index (χ1) is 19.3. The van der Waals surface area contributed by atoms with Crippen LogP contribution in [0.15, 0.2) is 0 Å². The van der Waals surface area contributed by atoms with E-state index in [1.54, 1.807) is 0 Å². The highest BCUT2D eigenvalue weighted by Crippen LogP contribution is 2.31. The standard InChI is InChI=1S/C31H50O9/c1-6-11-15-19-24(32)37-28-23(10-5)36-31(40-27(35)22-18-14-9-4)30(39-26(34)21-17-13-8-3)29(28)38-25(33)20-16-12-7-2/h5,23,28-31H,6-9,11-22H2,1-4H3/t23-,28+,29+,30-,31+/m0/s1. The first-order valence-electron chi connectivity index (χ1n) is 15.2. The summed E-state index contributed by atoms with van der Waals surface area (Å²) in [5.74, 6) is 0.235. The Kier molecular flexibility index (Phi) is 18.8. The summed E-state index contributed by atoms with van der Waals surface area (Å²) < 4.78 is 28.7. The fourth-order valence-corrected chi connectivity index (χ4v) is 4.33. The summed E-state index contributed by atoms with van der Waals surface area (Å²) >= 11 is 0. The molecule has 1 fully saturated rings. The first kappa shape index (κ1) is 35.4. The normalized spacial score (nSPS) is 22.1. The Hall–Kier alpha value is -2.60. The molecule has 1 rings (SSSR count). The van der Waals surface area contributed by atoms with Gasteiger partial charge in [-0.1, -0.05) is 85.0 Å². The summed E-state index contributed by atoms with van der Waals surface area (Å²) in [6.07, 6.45) is 9.27. The van der Waals surface area contributed by atoms with Crippen LogP contribution in [0.3, 0.4) is 0 Å². The lowest BCUT2D eigenvalue weighted by molar-refractivity contribution is -0.288. The lowest BCUT2D eigenvalue weighted by Crippen LogP contribution is -2.62. The monoisotopic (exact) mass is 566 g/mol. The van der Waals surface area contributed by atoms with Crippen molar-refractivity contribution in [2.24, 2.45) is 0 Å². The zero-order valence-corrected chi connectivity index (χ0v) is 25.0. The van der Waals surface area contributed by atoms with Gasteiger partial charge in [0.15, 0.2) is 18.3 Å². The van der Waals surface area contributed by atoms with E-state index >= 15 is 0 Å². The molecule has 9 nitrogen and oxygen atoms in total. The zero-order valence-electron chi connectivity index (χ0n) is 25.0. The molecule has 228 valence electrons. The maximum atomic E-state index is 12.9. The maximum Gasteiger partial charge on any atom is 0.308 e. The average Bonchev–Trinajstić information content (AvgIpc) is 2.92. The fraction of sp³-hybridized carbons (Fsp3) is 0.806. The predicted octanol–water partition coefficient (Wildman–Crippen LogP) is 5.94. The molecular weight excluding hydrogens is 516 g/mol. The van der Waals surface area contributed by atoms with Crippen molar-refractivity contribution in [1.29, 1.82) is 0 Å². The molecule has 0 unspecified atom stereocenters. The minimum Gasteiger partial charge on any atom is -0.454 e. The number of hydrogen-bond donors (Lipinski definition) is 0. The Labute approximate surface area is 240 Å². The van der Waals surface area contributed by atoms with E-state index in [1.807, 2.05) is 27.7 Å². The van der Waals surface area contributed by atoms with Gasteiger partial charge in [0.25, 0.3) is 0 Å². The second-order valence-corrected chi connectivity index (χ2v) is 10.3. The molecule has 1 saturated heterocycles. The van der Waals surface area contributed by atoms with Crippen molar-refractivity contribution in [1.82, 2.24) is 0 Å². The average molecular weight is 567 g/mol. The highest BCUT2D eigenvalue weighted by molar-refractivity contribution is 5.72. The minimum absolute atomic E-state index is 0.124. The second kappa shape index (κ2) is 21.2. The highest BCUT2D eigenvalue weighted by Gasteiger charge is 2.53. The van der Waals surface area contributed by atoms with Gasteiger partial charge in [0.2, 0.25) is 12.4 Å². The molecule has 1 heterocycles. The highest BCUT2D eigenvalue weighted by atomic mass is 16.7. The SMILES string of the molecule is C#C[C@@H]1O[C@H](OC(=O)CCCCC)[C@@H](OC(=O)CCCCC)[C@H](OC(=O)CCCCC)[C@@H]1OC(=O)CCCCC. The number of carbonyl (C=O) groups is 4. The third-order valence-electron chi connectivity index (χ3n) is 6.65. The van der Waals surface area contributed by atoms with Crippen molar-refractivity contribution in [2.45, 2.75) is 161 Å². The van der Waals surface area contributed by atoms with E-state index in [4.69, 9.17) is 30.1 Å². The largest absolute Gasteiger partial charge is 0.454 e. The van der Waals surface area contributed by atoms with Crippen molar-refractivity contribution in [2.75, 3.05) is 0 Å². The smallest absolute Gasteiger partial charge is 0.308 e. The molecule has 40 heavy (non-hydrogen) atoms. The first-order valence-corrected chi connectivity index (χ1v) is 15.2. The van der Waals surface area contributed by atoms with Crippen molar-refractivity contribution in [3.63, 3.8) is 0 Å². The molecule has 1 aliphatic heterocycles. The Morgan fingerprint density at radius 2 is 0.900 bits per heavy atom. The van der Waals surface area contributed by atoms with Crippen molar-refractivity contribution in [3.8, 4) is 12.3 Å². The van der Waals surface area contributed by atoms with Crippen LogP contribution in [0.5, 0.6) is 0 Å². The summed E-state index contributed by atoms with van der Waals surface area (Å²) in [6, 6.07) is 0. The van der Waals surface area contributed by atoms with Crippen molar-refractivity contribution >= 4 is 23.9 Å². The summed E-state index contributed by atoms with van der Waals surface area (Å²) in [4.78, 5) is 51.0. The predicted molar refractivity (Wildman–Crippen MR) is 150 cm³/mol. The van der Waals surface area contributed by atoms with Gasteiger partial charge >= 0.3 is 23.9 Å². The molecule has 5 atom stereocenters. The quantitative estimate of drug-likeness (QED) is 0.0764. The minimum atomic E-state index is -1.42. The third-order valence-corrected chi connectivity index (χ3v) is 6.65. The van der Waals surface area contributed by atoms with Gasteiger partial charge in [-0.2, -0.15) is 0 Å². The molecule has 9 heteroatoms. The van der Waals surface area contributed by atoms with Crippen LogP contribution in [0.4, 0.5) is 0 Å². The summed E-state index contributed by atoms with van der Waals surface area (Å²) in [5.41, 5.74) is 0. The topological polar surface area (TPSA) is 114 Å². The van der Waals surface area contributed by atoms with Gasteiger partial charge in [-0.3, -0.25) is 19.2 Å². The Morgan fingerprint density at radius 1 is 0.550 bits per heavy atom. The number of unbranched alkanes of at least 4 members (excludes halogenated alkanes) is 8. The van der Waals surface area contributed by atoms with Crippen LogP contribution in [-0.2, 0) is 42.9 Å². The fourth-order valence-electron chi connectivity index (χ4n) is 4.33. The maximum absolute atomic E-state index is 12.9. The molecule has 1 aliphatic rings. The Balaban J connectivity index is 3.30. The third kappa shape index (κ3) is 13.6. The van der Waals surface area contributed by atoms with Crippen LogP contribution in [-0.4, -0.2) is 54.6 Å².